The number of fused-ring (bicyclic) bond motifs is 1. The van der Waals surface area contributed by atoms with Gasteiger partial charge in [-0.2, -0.15) is 26.3 Å². The fourth-order valence-electron chi connectivity index (χ4n) is 6.40. The Morgan fingerprint density at radius 1 is 0.766 bits per heavy atom. The minimum atomic E-state index is -4.55. The van der Waals surface area contributed by atoms with Gasteiger partial charge in [-0.3, -0.25) is 29.4 Å². The fourth-order valence-corrected chi connectivity index (χ4v) is 6.40. The van der Waals surface area contributed by atoms with E-state index in [2.05, 4.69) is 5.32 Å². The van der Waals surface area contributed by atoms with E-state index in [1.54, 1.807) is 11.0 Å². The van der Waals surface area contributed by atoms with Gasteiger partial charge in [0.15, 0.2) is 0 Å². The average molecular weight is 659 g/mol. The third-order valence-electron chi connectivity index (χ3n) is 8.84. The number of carbonyl (C=O) groups is 4. The largest absolute Gasteiger partial charge is 0.416 e. The van der Waals surface area contributed by atoms with Gasteiger partial charge in [0.2, 0.25) is 11.8 Å². The van der Waals surface area contributed by atoms with Crippen LogP contribution in [0.5, 0.6) is 0 Å². The second kappa shape index (κ2) is 12.1. The maximum Gasteiger partial charge on any atom is 0.416 e. The molecule has 0 saturated carbocycles. The summed E-state index contributed by atoms with van der Waals surface area (Å²) in [7, 11) is 0. The second-order valence-electron chi connectivity index (χ2n) is 11.7. The van der Waals surface area contributed by atoms with Crippen molar-refractivity contribution in [2.45, 2.75) is 43.8 Å². The smallest absolute Gasteiger partial charge is 0.336 e. The molecule has 3 aliphatic rings. The first-order valence-electron chi connectivity index (χ1n) is 14.9. The first-order chi connectivity index (χ1) is 22.2. The van der Waals surface area contributed by atoms with Crippen LogP contribution in [0.15, 0.2) is 66.7 Å². The SMILES string of the molecule is O=C1CCC(N2Cc3cc(C(=O)N4CCN(C(c5ccc(C(F)(F)F)cc5)c5ccc(C(F)(F)F)cc5)CC4)ccc3C2=O)C(=O)N1. The Hall–Kier alpha value is -4.72. The molecule has 4 amide bonds. The van der Waals surface area contributed by atoms with Gasteiger partial charge in [0.1, 0.15) is 6.04 Å². The Bertz CT molecular complexity index is 1660. The number of piperazine rings is 1. The second-order valence-corrected chi connectivity index (χ2v) is 11.7. The predicted octanol–water partition coefficient (Wildman–Crippen LogP) is 5.03. The Balaban J connectivity index is 1.18. The molecule has 0 spiro atoms. The van der Waals surface area contributed by atoms with Crippen LogP contribution in [0.4, 0.5) is 26.3 Å². The van der Waals surface area contributed by atoms with Crippen LogP contribution >= 0.6 is 0 Å². The van der Waals surface area contributed by atoms with Crippen LogP contribution in [-0.2, 0) is 28.5 Å². The lowest BCUT2D eigenvalue weighted by atomic mass is 9.94. The summed E-state index contributed by atoms with van der Waals surface area (Å²) in [6.45, 7) is 1.14. The highest BCUT2D eigenvalue weighted by atomic mass is 19.4. The van der Waals surface area contributed by atoms with Crippen LogP contribution in [0.25, 0.3) is 0 Å². The Morgan fingerprint density at radius 3 is 1.83 bits per heavy atom. The van der Waals surface area contributed by atoms with E-state index in [1.165, 1.54) is 41.3 Å². The van der Waals surface area contributed by atoms with Gasteiger partial charge in [-0.05, 0) is 65.6 Å². The monoisotopic (exact) mass is 658 g/mol. The van der Waals surface area contributed by atoms with E-state index < -0.39 is 47.4 Å². The number of nitrogens with one attached hydrogen (secondary N) is 1. The molecule has 0 aliphatic carbocycles. The highest BCUT2D eigenvalue weighted by molar-refractivity contribution is 6.06. The third-order valence-corrected chi connectivity index (χ3v) is 8.84. The van der Waals surface area contributed by atoms with Crippen molar-refractivity contribution < 1.29 is 45.5 Å². The van der Waals surface area contributed by atoms with Gasteiger partial charge >= 0.3 is 12.4 Å². The zero-order chi connectivity index (χ0) is 33.7. The van der Waals surface area contributed by atoms with Crippen LogP contribution < -0.4 is 5.32 Å². The topological polar surface area (TPSA) is 90.0 Å². The van der Waals surface area contributed by atoms with Gasteiger partial charge in [-0.15, -0.1) is 0 Å². The van der Waals surface area contributed by atoms with E-state index in [0.29, 0.717) is 27.8 Å². The summed E-state index contributed by atoms with van der Waals surface area (Å²) in [6.07, 6.45) is -8.78. The predicted molar refractivity (Wildman–Crippen MR) is 155 cm³/mol. The number of rotatable bonds is 5. The van der Waals surface area contributed by atoms with Crippen molar-refractivity contribution in [1.82, 2.24) is 20.0 Å². The number of benzene rings is 3. The molecule has 47 heavy (non-hydrogen) atoms. The Kier molecular flexibility index (Phi) is 8.32. The molecule has 0 bridgehead atoms. The molecule has 1 N–H and O–H groups in total. The van der Waals surface area contributed by atoms with Crippen molar-refractivity contribution in [3.63, 3.8) is 0 Å². The van der Waals surface area contributed by atoms with Crippen molar-refractivity contribution in [3.8, 4) is 0 Å². The van der Waals surface area contributed by atoms with Gasteiger partial charge in [-0.25, -0.2) is 0 Å². The molecule has 6 rings (SSSR count). The Labute approximate surface area is 264 Å². The lowest BCUT2D eigenvalue weighted by Crippen LogP contribution is -2.52. The van der Waals surface area contributed by atoms with E-state index >= 15 is 0 Å². The minimum Gasteiger partial charge on any atom is -0.336 e. The van der Waals surface area contributed by atoms with E-state index in [9.17, 15) is 45.5 Å². The van der Waals surface area contributed by atoms with E-state index in [1.807, 2.05) is 4.90 Å². The zero-order valence-electron chi connectivity index (χ0n) is 24.7. The standard InChI is InChI=1S/C33H28F6N4O4/c34-32(35,36)23-6-1-19(2-7-23)28(20-3-8-24(9-4-20)33(37,38)39)41-13-15-42(16-14-41)30(46)21-5-10-25-22(17-21)18-43(31(25)47)26-11-12-27(44)40-29(26)45/h1-10,17,26,28H,11-16,18H2,(H,40,44,45). The first-order valence-corrected chi connectivity index (χ1v) is 14.9. The molecule has 2 saturated heterocycles. The van der Waals surface area contributed by atoms with E-state index in [-0.39, 0.29) is 57.4 Å². The van der Waals surface area contributed by atoms with Gasteiger partial charge < -0.3 is 9.80 Å². The molecular formula is C33H28F6N4O4. The summed E-state index contributed by atoms with van der Waals surface area (Å²) in [4.78, 5) is 55.3. The number of hydrogen-bond acceptors (Lipinski definition) is 5. The van der Waals surface area contributed by atoms with Gasteiger partial charge in [0.25, 0.3) is 11.8 Å². The van der Waals surface area contributed by atoms with Crippen LogP contribution in [-0.4, -0.2) is 70.5 Å². The maximum absolute atomic E-state index is 13.5. The molecule has 8 nitrogen and oxygen atoms in total. The highest BCUT2D eigenvalue weighted by Gasteiger charge is 2.40. The third kappa shape index (κ3) is 6.46. The van der Waals surface area contributed by atoms with Crippen LogP contribution in [0.1, 0.15) is 67.4 Å². The molecule has 0 radical (unpaired) electrons. The first kappa shape index (κ1) is 32.2. The number of carbonyl (C=O) groups excluding carboxylic acids is 4. The molecule has 1 atom stereocenters. The molecule has 2 fully saturated rings. The van der Waals surface area contributed by atoms with Crippen molar-refractivity contribution in [1.29, 1.82) is 0 Å². The van der Waals surface area contributed by atoms with Crippen molar-refractivity contribution in [3.05, 3.63) is 106 Å². The summed E-state index contributed by atoms with van der Waals surface area (Å²) in [6, 6.07) is 12.2. The molecule has 14 heteroatoms. The quantitative estimate of drug-likeness (QED) is 0.307. The number of piperidine rings is 1. The molecule has 246 valence electrons. The number of hydrogen-bond donors (Lipinski definition) is 1. The molecular weight excluding hydrogens is 630 g/mol. The zero-order valence-corrected chi connectivity index (χ0v) is 24.7. The molecule has 3 aromatic rings. The summed E-state index contributed by atoms with van der Waals surface area (Å²) in [5.74, 6) is -1.60. The van der Waals surface area contributed by atoms with Crippen LogP contribution in [0.2, 0.25) is 0 Å². The normalized spacial score (nSPS) is 19.3. The maximum atomic E-state index is 13.5. The minimum absolute atomic E-state index is 0.108. The van der Waals surface area contributed by atoms with Gasteiger partial charge in [0.05, 0.1) is 17.2 Å². The number of amides is 4. The van der Waals surface area contributed by atoms with Gasteiger partial charge in [-0.1, -0.05) is 24.3 Å². The van der Waals surface area contributed by atoms with Crippen molar-refractivity contribution in [2.75, 3.05) is 26.2 Å². The van der Waals surface area contributed by atoms with E-state index in [4.69, 9.17) is 0 Å². The summed E-state index contributed by atoms with van der Waals surface area (Å²) in [5.41, 5.74) is 0.499. The molecule has 3 heterocycles. The molecule has 3 aliphatic heterocycles. The highest BCUT2D eigenvalue weighted by Crippen LogP contribution is 2.36. The Morgan fingerprint density at radius 2 is 1.32 bits per heavy atom. The average Bonchev–Trinajstić information content (AvgIpc) is 3.36. The van der Waals surface area contributed by atoms with Crippen LogP contribution in [0.3, 0.4) is 0 Å². The summed E-state index contributed by atoms with van der Waals surface area (Å²) >= 11 is 0. The number of alkyl halides is 6. The lowest BCUT2D eigenvalue weighted by molar-refractivity contribution is -0.138. The molecule has 0 aromatic heterocycles. The van der Waals surface area contributed by atoms with Gasteiger partial charge in [0, 0.05) is 50.3 Å². The number of halogens is 6. The van der Waals surface area contributed by atoms with E-state index in [0.717, 1.165) is 24.3 Å². The molecule has 3 aromatic carbocycles. The van der Waals surface area contributed by atoms with Crippen LogP contribution in [0, 0.1) is 0 Å². The fraction of sp³-hybridized carbons (Fsp3) is 0.333. The van der Waals surface area contributed by atoms with Crippen molar-refractivity contribution in [2.24, 2.45) is 0 Å². The number of imide groups is 1. The number of nitrogens with zero attached hydrogens (tertiary/aromatic N) is 3. The summed E-state index contributed by atoms with van der Waals surface area (Å²) in [5, 5.41) is 2.25. The lowest BCUT2D eigenvalue weighted by Gasteiger charge is -2.40. The molecule has 1 unspecified atom stereocenters. The van der Waals surface area contributed by atoms with Crippen molar-refractivity contribution >= 4 is 23.6 Å². The summed E-state index contributed by atoms with van der Waals surface area (Å²) < 4.78 is 79.4.